The van der Waals surface area contributed by atoms with E-state index < -0.39 is 11.4 Å². The monoisotopic (exact) mass is 386 g/mol. The van der Waals surface area contributed by atoms with Crippen molar-refractivity contribution < 1.29 is 19.7 Å². The van der Waals surface area contributed by atoms with Crippen LogP contribution in [-0.4, -0.2) is 39.9 Å². The van der Waals surface area contributed by atoms with Gasteiger partial charge in [0.2, 0.25) is 0 Å². The molecule has 4 aliphatic carbocycles. The van der Waals surface area contributed by atoms with Crippen molar-refractivity contribution in [2.24, 2.45) is 11.8 Å². The molecule has 1 saturated heterocycles. The van der Waals surface area contributed by atoms with Gasteiger partial charge in [0.25, 0.3) is 0 Å². The first kappa shape index (κ1) is 19.0. The fraction of sp³-hybridized carbons (Fsp3) is 0.750. The van der Waals surface area contributed by atoms with Gasteiger partial charge in [0.05, 0.1) is 12.2 Å². The summed E-state index contributed by atoms with van der Waals surface area (Å²) in [4.78, 5) is 0. The Morgan fingerprint density at radius 3 is 2.57 bits per heavy atom. The molecule has 4 heteroatoms. The molecule has 2 N–H and O–H groups in total. The third kappa shape index (κ3) is 2.64. The molecular formula is C24H34O4. The van der Waals surface area contributed by atoms with Crippen molar-refractivity contribution in [3.8, 4) is 0 Å². The predicted molar refractivity (Wildman–Crippen MR) is 108 cm³/mol. The van der Waals surface area contributed by atoms with Crippen LogP contribution in [0.1, 0.15) is 71.6 Å². The van der Waals surface area contributed by atoms with E-state index in [-0.39, 0.29) is 30.1 Å². The van der Waals surface area contributed by atoms with Gasteiger partial charge in [-0.3, -0.25) is 0 Å². The zero-order valence-electron chi connectivity index (χ0n) is 17.2. The van der Waals surface area contributed by atoms with Crippen LogP contribution in [0, 0.1) is 11.8 Å². The summed E-state index contributed by atoms with van der Waals surface area (Å²) in [5.74, 6) is -0.246. The van der Waals surface area contributed by atoms with Crippen molar-refractivity contribution >= 4 is 0 Å². The van der Waals surface area contributed by atoms with E-state index in [0.29, 0.717) is 0 Å². The van der Waals surface area contributed by atoms with E-state index in [0.717, 1.165) is 62.5 Å². The summed E-state index contributed by atoms with van der Waals surface area (Å²) in [5, 5.41) is 21.8. The maximum Gasteiger partial charge on any atom is 0.165 e. The van der Waals surface area contributed by atoms with Gasteiger partial charge in [-0.2, -0.15) is 0 Å². The highest BCUT2D eigenvalue weighted by atomic mass is 16.8. The Labute approximate surface area is 168 Å². The second kappa shape index (κ2) is 6.53. The van der Waals surface area contributed by atoms with Gasteiger partial charge in [-0.05, 0) is 62.2 Å². The number of hydrogen-bond acceptors (Lipinski definition) is 4. The van der Waals surface area contributed by atoms with Gasteiger partial charge in [-0.15, -0.1) is 0 Å². The fourth-order valence-electron chi connectivity index (χ4n) is 6.81. The molecule has 4 nitrogen and oxygen atoms in total. The molecule has 1 heterocycles. The summed E-state index contributed by atoms with van der Waals surface area (Å²) in [5.41, 5.74) is 2.44. The topological polar surface area (TPSA) is 58.9 Å². The van der Waals surface area contributed by atoms with E-state index in [9.17, 15) is 10.2 Å². The number of rotatable bonds is 2. The summed E-state index contributed by atoms with van der Waals surface area (Å²) in [6.07, 6.45) is 15.8. The summed E-state index contributed by atoms with van der Waals surface area (Å²) in [6, 6.07) is 0. The maximum atomic E-state index is 11.7. The Balaban J connectivity index is 1.65. The summed E-state index contributed by atoms with van der Waals surface area (Å²) in [7, 11) is 0. The molecule has 0 bridgehead atoms. The molecule has 28 heavy (non-hydrogen) atoms. The van der Waals surface area contributed by atoms with Crippen LogP contribution in [0.2, 0.25) is 0 Å². The average molecular weight is 387 g/mol. The van der Waals surface area contributed by atoms with E-state index in [4.69, 9.17) is 9.47 Å². The first-order chi connectivity index (χ1) is 13.4. The number of ether oxygens (including phenoxy) is 2. The summed E-state index contributed by atoms with van der Waals surface area (Å²) in [6.45, 7) is 4.02. The van der Waals surface area contributed by atoms with E-state index in [1.165, 1.54) is 12.0 Å². The highest BCUT2D eigenvalue weighted by Gasteiger charge is 2.67. The minimum absolute atomic E-state index is 0.0151. The van der Waals surface area contributed by atoms with Crippen LogP contribution >= 0.6 is 0 Å². The van der Waals surface area contributed by atoms with E-state index >= 15 is 0 Å². The van der Waals surface area contributed by atoms with Gasteiger partial charge in [-0.25, -0.2) is 0 Å². The molecule has 5 rings (SSSR count). The van der Waals surface area contributed by atoms with Gasteiger partial charge in [0.15, 0.2) is 5.79 Å². The minimum atomic E-state index is -0.631. The first-order valence-electron chi connectivity index (χ1n) is 11.2. The molecule has 0 radical (unpaired) electrons. The lowest BCUT2D eigenvalue weighted by molar-refractivity contribution is -0.155. The molecule has 5 aliphatic rings. The van der Waals surface area contributed by atoms with Gasteiger partial charge < -0.3 is 19.7 Å². The van der Waals surface area contributed by atoms with Gasteiger partial charge in [0, 0.05) is 5.92 Å². The van der Waals surface area contributed by atoms with E-state index in [2.05, 4.69) is 12.2 Å². The fourth-order valence-corrected chi connectivity index (χ4v) is 6.81. The normalized spacial score (nSPS) is 44.1. The molecule has 0 aromatic heterocycles. The van der Waals surface area contributed by atoms with Crippen LogP contribution in [0.5, 0.6) is 0 Å². The smallest absolute Gasteiger partial charge is 0.165 e. The molecule has 1 unspecified atom stereocenters. The van der Waals surface area contributed by atoms with Gasteiger partial charge >= 0.3 is 0 Å². The molecule has 0 aromatic carbocycles. The zero-order valence-corrected chi connectivity index (χ0v) is 17.2. The highest BCUT2D eigenvalue weighted by molar-refractivity contribution is 5.58. The van der Waals surface area contributed by atoms with Crippen molar-refractivity contribution in [2.45, 2.75) is 94.7 Å². The quantitative estimate of drug-likeness (QED) is 0.748. The van der Waals surface area contributed by atoms with E-state index in [1.807, 2.05) is 19.9 Å². The lowest BCUT2D eigenvalue weighted by atomic mass is 9.57. The maximum absolute atomic E-state index is 11.7. The molecule has 4 atom stereocenters. The summed E-state index contributed by atoms with van der Waals surface area (Å²) >= 11 is 0. The second-order valence-corrected chi connectivity index (χ2v) is 9.99. The third-order valence-corrected chi connectivity index (χ3v) is 7.85. The van der Waals surface area contributed by atoms with Crippen LogP contribution in [0.3, 0.4) is 0 Å². The van der Waals surface area contributed by atoms with Crippen molar-refractivity contribution in [3.05, 3.63) is 34.9 Å². The van der Waals surface area contributed by atoms with E-state index in [1.54, 1.807) is 0 Å². The lowest BCUT2D eigenvalue weighted by Crippen LogP contribution is -2.57. The molecular weight excluding hydrogens is 352 g/mol. The molecule has 1 spiro atoms. The number of aliphatic hydroxyl groups excluding tert-OH is 1. The van der Waals surface area contributed by atoms with Crippen molar-refractivity contribution in [2.75, 3.05) is 6.61 Å². The van der Waals surface area contributed by atoms with Crippen molar-refractivity contribution in [3.63, 3.8) is 0 Å². The third-order valence-electron chi connectivity index (χ3n) is 7.85. The van der Waals surface area contributed by atoms with Crippen LogP contribution in [-0.2, 0) is 9.47 Å². The molecule has 154 valence electrons. The largest absolute Gasteiger partial charge is 0.392 e. The van der Waals surface area contributed by atoms with Gasteiger partial charge in [-0.1, -0.05) is 50.3 Å². The Hall–Kier alpha value is -0.940. The first-order valence-corrected chi connectivity index (χ1v) is 11.2. The van der Waals surface area contributed by atoms with Crippen LogP contribution in [0.4, 0.5) is 0 Å². The lowest BCUT2D eigenvalue weighted by Gasteiger charge is -2.52. The minimum Gasteiger partial charge on any atom is -0.392 e. The Morgan fingerprint density at radius 2 is 1.82 bits per heavy atom. The van der Waals surface area contributed by atoms with Crippen LogP contribution < -0.4 is 0 Å². The van der Waals surface area contributed by atoms with Crippen LogP contribution in [0.25, 0.3) is 0 Å². The zero-order chi connectivity index (χ0) is 19.6. The van der Waals surface area contributed by atoms with Gasteiger partial charge in [0.1, 0.15) is 11.7 Å². The predicted octanol–water partition coefficient (Wildman–Crippen LogP) is 4.18. The number of hydrogen-bond donors (Lipinski definition) is 2. The molecule has 0 amide bonds. The van der Waals surface area contributed by atoms with Crippen molar-refractivity contribution in [1.29, 1.82) is 0 Å². The molecule has 0 aromatic rings. The number of fused-ring (bicyclic) bond motifs is 1. The molecule has 2 saturated carbocycles. The summed E-state index contributed by atoms with van der Waals surface area (Å²) < 4.78 is 13.0. The Morgan fingerprint density at radius 1 is 1.07 bits per heavy atom. The Kier molecular flexibility index (Phi) is 4.44. The SMILES string of the molecule is CC1(C)O[C@H]2C3=C4[C@@H](CCCC[C@@]42O1)C(C1(O)CCCCC1)/C=C\C=C/3CO. The number of allylic oxidation sites excluding steroid dienone is 2. The molecule has 1 aliphatic heterocycles. The number of aliphatic hydroxyl groups is 2. The second-order valence-electron chi connectivity index (χ2n) is 9.99. The standard InChI is InChI=1S/C24H34O4/c1-22(2)27-21-19-16(15-25)9-8-11-18(23(26)12-5-3-6-13-23)17-10-4-7-14-24(21,28-22)20(17)19/h8-9,11,17-18,21,25-26H,3-7,10,12-15H2,1-2H3/b11-8-,16-9-/t17-,18?,21-,24+/m0/s1. The average Bonchev–Trinajstić information content (AvgIpc) is 2.76. The van der Waals surface area contributed by atoms with Crippen molar-refractivity contribution in [1.82, 2.24) is 0 Å². The Bertz CT molecular complexity index is 740. The van der Waals surface area contributed by atoms with Crippen LogP contribution in [0.15, 0.2) is 34.9 Å². The highest BCUT2D eigenvalue weighted by Crippen LogP contribution is 2.63. The molecule has 3 fully saturated rings.